The largest absolute Gasteiger partial charge is 0.368 e. The molecule has 0 fully saturated rings. The second-order valence-corrected chi connectivity index (χ2v) is 4.23. The summed E-state index contributed by atoms with van der Waals surface area (Å²) >= 11 is 5.62. The van der Waals surface area contributed by atoms with Crippen molar-refractivity contribution in [3.8, 4) is 0 Å². The molecule has 0 amide bonds. The number of hydrogen-bond acceptors (Lipinski definition) is 4. The molecule has 0 saturated heterocycles. The van der Waals surface area contributed by atoms with Gasteiger partial charge >= 0.3 is 0 Å². The van der Waals surface area contributed by atoms with Crippen LogP contribution in [-0.4, -0.2) is 32.4 Å². The summed E-state index contributed by atoms with van der Waals surface area (Å²) in [6.07, 6.45) is 7.76. The molecular formula is C11H16ClN5. The fourth-order valence-corrected chi connectivity index (χ4v) is 1.87. The van der Waals surface area contributed by atoms with Crippen molar-refractivity contribution in [2.75, 3.05) is 17.7 Å². The number of unbranched alkanes of at least 4 members (excludes halogenated alkanes) is 3. The lowest BCUT2D eigenvalue weighted by Crippen LogP contribution is -2.04. The molecule has 0 aliphatic heterocycles. The first-order valence-electron chi connectivity index (χ1n) is 5.85. The van der Waals surface area contributed by atoms with Crippen molar-refractivity contribution in [3.05, 3.63) is 12.7 Å². The van der Waals surface area contributed by atoms with Crippen LogP contribution in [0, 0.1) is 0 Å². The van der Waals surface area contributed by atoms with Crippen LogP contribution >= 0.6 is 11.6 Å². The van der Waals surface area contributed by atoms with Crippen molar-refractivity contribution < 1.29 is 0 Å². The van der Waals surface area contributed by atoms with Crippen molar-refractivity contribution in [1.82, 2.24) is 19.9 Å². The highest BCUT2D eigenvalue weighted by Crippen LogP contribution is 2.14. The second kappa shape index (κ2) is 6.39. The molecule has 0 radical (unpaired) electrons. The van der Waals surface area contributed by atoms with Crippen LogP contribution < -0.4 is 5.32 Å². The Morgan fingerprint density at radius 2 is 2.00 bits per heavy atom. The Morgan fingerprint density at radius 3 is 2.88 bits per heavy atom. The first-order chi connectivity index (χ1) is 8.42. The predicted molar refractivity (Wildman–Crippen MR) is 69.4 cm³/mol. The van der Waals surface area contributed by atoms with Crippen LogP contribution in [0.15, 0.2) is 12.7 Å². The van der Waals surface area contributed by atoms with E-state index in [9.17, 15) is 0 Å². The predicted octanol–water partition coefficient (Wildman–Crippen LogP) is 2.56. The monoisotopic (exact) mass is 253 g/mol. The molecule has 0 spiro atoms. The van der Waals surface area contributed by atoms with E-state index in [0.29, 0.717) is 5.65 Å². The minimum atomic E-state index is 0.699. The molecule has 0 bridgehead atoms. The van der Waals surface area contributed by atoms with Gasteiger partial charge in [0.1, 0.15) is 11.8 Å². The Balaban J connectivity index is 1.80. The van der Waals surface area contributed by atoms with Gasteiger partial charge in [-0.2, -0.15) is 0 Å². The number of aromatic nitrogens is 4. The van der Waals surface area contributed by atoms with Crippen molar-refractivity contribution >= 4 is 28.6 Å². The molecule has 2 heterocycles. The first kappa shape index (κ1) is 12.1. The van der Waals surface area contributed by atoms with E-state index < -0.39 is 0 Å². The molecule has 0 aliphatic carbocycles. The van der Waals surface area contributed by atoms with E-state index in [2.05, 4.69) is 25.3 Å². The van der Waals surface area contributed by atoms with Crippen LogP contribution in [0.1, 0.15) is 25.7 Å². The highest BCUT2D eigenvalue weighted by molar-refractivity contribution is 6.17. The lowest BCUT2D eigenvalue weighted by atomic mass is 10.2. The first-order valence-corrected chi connectivity index (χ1v) is 6.39. The van der Waals surface area contributed by atoms with Crippen LogP contribution in [0.2, 0.25) is 0 Å². The topological polar surface area (TPSA) is 66.5 Å². The van der Waals surface area contributed by atoms with Crippen molar-refractivity contribution in [3.63, 3.8) is 0 Å². The maximum Gasteiger partial charge on any atom is 0.182 e. The zero-order valence-electron chi connectivity index (χ0n) is 9.62. The maximum atomic E-state index is 5.62. The van der Waals surface area contributed by atoms with E-state index in [1.54, 1.807) is 6.33 Å². The summed E-state index contributed by atoms with van der Waals surface area (Å²) in [6.45, 7) is 0.910. The minimum absolute atomic E-state index is 0.699. The van der Waals surface area contributed by atoms with E-state index in [-0.39, 0.29) is 0 Å². The molecule has 2 N–H and O–H groups in total. The summed E-state index contributed by atoms with van der Waals surface area (Å²) in [5.74, 6) is 1.58. The number of anilines is 1. The van der Waals surface area contributed by atoms with Crippen LogP contribution in [0.3, 0.4) is 0 Å². The third-order valence-electron chi connectivity index (χ3n) is 2.58. The molecule has 0 aromatic carbocycles. The van der Waals surface area contributed by atoms with E-state index in [4.69, 9.17) is 11.6 Å². The number of rotatable bonds is 7. The standard InChI is InChI=1S/C11H16ClN5/c12-5-3-1-2-4-6-13-10-9-11(15-7-14-9)17-8-16-10/h7-8H,1-6H2,(H2,13,14,15,16,17). The lowest BCUT2D eigenvalue weighted by molar-refractivity contribution is 0.687. The van der Waals surface area contributed by atoms with Gasteiger partial charge in [0.05, 0.1) is 6.33 Å². The number of halogens is 1. The van der Waals surface area contributed by atoms with Gasteiger partial charge in [0.15, 0.2) is 11.5 Å². The molecular weight excluding hydrogens is 238 g/mol. The molecule has 2 rings (SSSR count). The van der Waals surface area contributed by atoms with Gasteiger partial charge in [-0.1, -0.05) is 12.8 Å². The molecule has 2 aromatic heterocycles. The molecule has 5 nitrogen and oxygen atoms in total. The third-order valence-corrected chi connectivity index (χ3v) is 2.84. The maximum absolute atomic E-state index is 5.62. The quantitative estimate of drug-likeness (QED) is 0.588. The highest BCUT2D eigenvalue weighted by atomic mass is 35.5. The lowest BCUT2D eigenvalue weighted by Gasteiger charge is -2.05. The number of hydrogen-bond donors (Lipinski definition) is 2. The zero-order chi connectivity index (χ0) is 11.9. The van der Waals surface area contributed by atoms with E-state index in [1.807, 2.05) is 0 Å². The molecule has 6 heteroatoms. The fraction of sp³-hybridized carbons (Fsp3) is 0.545. The Morgan fingerprint density at radius 1 is 1.12 bits per heavy atom. The summed E-state index contributed by atoms with van der Waals surface area (Å²) in [5.41, 5.74) is 1.57. The van der Waals surface area contributed by atoms with Gasteiger partial charge in [0, 0.05) is 12.4 Å². The van der Waals surface area contributed by atoms with Crippen LogP contribution in [-0.2, 0) is 0 Å². The van der Waals surface area contributed by atoms with Gasteiger partial charge < -0.3 is 10.3 Å². The summed E-state index contributed by atoms with van der Waals surface area (Å²) in [4.78, 5) is 15.4. The zero-order valence-corrected chi connectivity index (χ0v) is 10.4. The Hall–Kier alpha value is -1.36. The van der Waals surface area contributed by atoms with Crippen molar-refractivity contribution in [1.29, 1.82) is 0 Å². The van der Waals surface area contributed by atoms with Gasteiger partial charge in [-0.05, 0) is 12.8 Å². The van der Waals surface area contributed by atoms with Crippen molar-refractivity contribution in [2.45, 2.75) is 25.7 Å². The normalized spacial score (nSPS) is 10.9. The van der Waals surface area contributed by atoms with Gasteiger partial charge in [0.2, 0.25) is 0 Å². The second-order valence-electron chi connectivity index (χ2n) is 3.85. The number of nitrogens with one attached hydrogen (secondary N) is 2. The minimum Gasteiger partial charge on any atom is -0.368 e. The number of H-pyrrole nitrogens is 1. The Labute approximate surface area is 105 Å². The Bertz CT molecular complexity index is 456. The number of fused-ring (bicyclic) bond motifs is 1. The molecule has 0 atom stereocenters. The molecule has 0 unspecified atom stereocenters. The number of aromatic amines is 1. The van der Waals surface area contributed by atoms with Crippen molar-refractivity contribution in [2.24, 2.45) is 0 Å². The summed E-state index contributed by atoms with van der Waals surface area (Å²) in [5, 5.41) is 3.30. The third kappa shape index (κ3) is 3.30. The van der Waals surface area contributed by atoms with Gasteiger partial charge in [-0.25, -0.2) is 15.0 Å². The average Bonchev–Trinajstić information content (AvgIpc) is 2.82. The molecule has 0 aliphatic rings. The summed E-state index contributed by atoms with van der Waals surface area (Å²) in [7, 11) is 0. The van der Waals surface area contributed by atoms with Crippen LogP contribution in [0.5, 0.6) is 0 Å². The van der Waals surface area contributed by atoms with Crippen LogP contribution in [0.25, 0.3) is 11.2 Å². The molecule has 2 aromatic rings. The fourth-order valence-electron chi connectivity index (χ4n) is 1.68. The van der Waals surface area contributed by atoms with E-state index in [0.717, 1.165) is 36.6 Å². The smallest absolute Gasteiger partial charge is 0.182 e. The van der Waals surface area contributed by atoms with Gasteiger partial charge in [-0.15, -0.1) is 11.6 Å². The summed E-state index contributed by atoms with van der Waals surface area (Å²) < 4.78 is 0. The SMILES string of the molecule is ClCCCCCCNc1ncnc2nc[nH]c12. The van der Waals surface area contributed by atoms with E-state index in [1.165, 1.54) is 19.2 Å². The van der Waals surface area contributed by atoms with E-state index >= 15 is 0 Å². The number of alkyl halides is 1. The van der Waals surface area contributed by atoms with Gasteiger partial charge in [-0.3, -0.25) is 0 Å². The summed E-state index contributed by atoms with van der Waals surface area (Å²) in [6, 6.07) is 0. The molecule has 17 heavy (non-hydrogen) atoms. The number of nitrogens with zero attached hydrogens (tertiary/aromatic N) is 3. The van der Waals surface area contributed by atoms with Crippen LogP contribution in [0.4, 0.5) is 5.82 Å². The Kier molecular flexibility index (Phi) is 4.55. The van der Waals surface area contributed by atoms with Gasteiger partial charge in [0.25, 0.3) is 0 Å². The molecule has 92 valence electrons. The number of imidazole rings is 1. The highest BCUT2D eigenvalue weighted by Gasteiger charge is 2.03. The molecule has 0 saturated carbocycles. The average molecular weight is 254 g/mol.